The molecule has 1 N–H and O–H groups in total. The largest absolute Gasteiger partial charge is 0.306 e. The SMILES string of the molecule is Cc1cc(C#Cc2cccs2)ccc1-c1nc2ccccc2c(=O)[nH]1. The number of hydrogen-bond acceptors (Lipinski definition) is 3. The van der Waals surface area contributed by atoms with Crippen LogP contribution in [-0.2, 0) is 0 Å². The van der Waals surface area contributed by atoms with E-state index in [2.05, 4.69) is 21.8 Å². The second kappa shape index (κ2) is 6.39. The van der Waals surface area contributed by atoms with Gasteiger partial charge in [-0.2, -0.15) is 0 Å². The maximum absolute atomic E-state index is 12.3. The van der Waals surface area contributed by atoms with Crippen LogP contribution in [0.1, 0.15) is 16.0 Å². The van der Waals surface area contributed by atoms with Gasteiger partial charge in [-0.3, -0.25) is 4.79 Å². The number of nitrogens with zero attached hydrogens (tertiary/aromatic N) is 1. The molecule has 0 unspecified atom stereocenters. The predicted octanol–water partition coefficient (Wildman–Crippen LogP) is 4.36. The van der Waals surface area contributed by atoms with Crippen LogP contribution in [0.2, 0.25) is 0 Å². The Kier molecular flexibility index (Phi) is 3.93. The van der Waals surface area contributed by atoms with Gasteiger partial charge in [0.2, 0.25) is 0 Å². The van der Waals surface area contributed by atoms with Gasteiger partial charge in [0.1, 0.15) is 5.82 Å². The fourth-order valence-corrected chi connectivity index (χ4v) is 3.28. The molecule has 0 aliphatic heterocycles. The molecule has 120 valence electrons. The Balaban J connectivity index is 1.75. The van der Waals surface area contributed by atoms with E-state index in [-0.39, 0.29) is 5.56 Å². The third kappa shape index (κ3) is 3.10. The van der Waals surface area contributed by atoms with Crippen molar-refractivity contribution in [3.63, 3.8) is 0 Å². The first kappa shape index (κ1) is 15.4. The summed E-state index contributed by atoms with van der Waals surface area (Å²) in [5.41, 5.74) is 3.45. The highest BCUT2D eigenvalue weighted by atomic mass is 32.1. The van der Waals surface area contributed by atoms with E-state index in [4.69, 9.17) is 0 Å². The molecule has 2 aromatic carbocycles. The van der Waals surface area contributed by atoms with E-state index in [0.717, 1.165) is 21.6 Å². The number of rotatable bonds is 1. The van der Waals surface area contributed by atoms with Crippen LogP contribution in [-0.4, -0.2) is 9.97 Å². The van der Waals surface area contributed by atoms with E-state index >= 15 is 0 Å². The maximum atomic E-state index is 12.3. The van der Waals surface area contributed by atoms with Crippen molar-refractivity contribution in [2.75, 3.05) is 0 Å². The summed E-state index contributed by atoms with van der Waals surface area (Å²) in [5.74, 6) is 6.91. The van der Waals surface area contributed by atoms with Crippen LogP contribution >= 0.6 is 11.3 Å². The van der Waals surface area contributed by atoms with Gasteiger partial charge in [0.25, 0.3) is 5.56 Å². The van der Waals surface area contributed by atoms with Crippen molar-refractivity contribution in [2.45, 2.75) is 6.92 Å². The van der Waals surface area contributed by atoms with Crippen molar-refractivity contribution in [2.24, 2.45) is 0 Å². The highest BCUT2D eigenvalue weighted by Gasteiger charge is 2.08. The molecule has 4 heteroatoms. The molecule has 0 saturated heterocycles. The standard InChI is InChI=1S/C21H14N2OS/c1-14-13-15(8-10-16-5-4-12-25-16)9-11-17(14)20-22-19-7-3-2-6-18(19)21(24)23-20/h2-7,9,11-13H,1H3,(H,22,23,24). The van der Waals surface area contributed by atoms with Crippen LogP contribution in [0, 0.1) is 18.8 Å². The number of fused-ring (bicyclic) bond motifs is 1. The van der Waals surface area contributed by atoms with Crippen molar-refractivity contribution in [1.82, 2.24) is 9.97 Å². The second-order valence-electron chi connectivity index (χ2n) is 5.69. The zero-order valence-corrected chi connectivity index (χ0v) is 14.4. The van der Waals surface area contributed by atoms with Crippen LogP contribution in [0.25, 0.3) is 22.3 Å². The number of nitrogens with one attached hydrogen (secondary N) is 1. The lowest BCUT2D eigenvalue weighted by Crippen LogP contribution is -2.09. The summed E-state index contributed by atoms with van der Waals surface area (Å²) in [6, 6.07) is 17.3. The van der Waals surface area contributed by atoms with Gasteiger partial charge in [0.15, 0.2) is 0 Å². The first-order valence-corrected chi connectivity index (χ1v) is 8.74. The van der Waals surface area contributed by atoms with Crippen molar-refractivity contribution in [3.8, 4) is 23.2 Å². The van der Waals surface area contributed by atoms with Crippen molar-refractivity contribution in [1.29, 1.82) is 0 Å². The van der Waals surface area contributed by atoms with E-state index in [9.17, 15) is 4.79 Å². The maximum Gasteiger partial charge on any atom is 0.259 e. The van der Waals surface area contributed by atoms with Crippen molar-refractivity contribution < 1.29 is 0 Å². The quantitative estimate of drug-likeness (QED) is 0.522. The molecule has 4 rings (SSSR count). The summed E-state index contributed by atoms with van der Waals surface area (Å²) in [5, 5.41) is 2.61. The Bertz CT molecular complexity index is 1180. The van der Waals surface area contributed by atoms with E-state index in [1.165, 1.54) is 0 Å². The molecule has 0 saturated carbocycles. The molecular weight excluding hydrogens is 328 g/mol. The molecule has 0 aliphatic carbocycles. The van der Waals surface area contributed by atoms with Gasteiger partial charge in [-0.05, 0) is 54.3 Å². The fraction of sp³-hybridized carbons (Fsp3) is 0.0476. The Morgan fingerprint density at radius 3 is 2.72 bits per heavy atom. The van der Waals surface area contributed by atoms with Crippen molar-refractivity contribution in [3.05, 3.63) is 86.3 Å². The van der Waals surface area contributed by atoms with Gasteiger partial charge in [-0.25, -0.2) is 4.98 Å². The number of hydrogen-bond donors (Lipinski definition) is 1. The topological polar surface area (TPSA) is 45.8 Å². The number of aromatic amines is 1. The van der Waals surface area contributed by atoms with Gasteiger partial charge in [0, 0.05) is 11.1 Å². The molecule has 0 bridgehead atoms. The number of thiophene rings is 1. The van der Waals surface area contributed by atoms with Gasteiger partial charge in [0.05, 0.1) is 15.8 Å². The zero-order valence-electron chi connectivity index (χ0n) is 13.5. The molecule has 0 amide bonds. The lowest BCUT2D eigenvalue weighted by molar-refractivity contribution is 1.17. The van der Waals surface area contributed by atoms with Crippen LogP contribution in [0.4, 0.5) is 0 Å². The van der Waals surface area contributed by atoms with E-state index in [1.807, 2.05) is 60.8 Å². The molecule has 0 fully saturated rings. The van der Waals surface area contributed by atoms with Crippen LogP contribution in [0.5, 0.6) is 0 Å². The number of benzene rings is 2. The molecule has 4 aromatic rings. The summed E-state index contributed by atoms with van der Waals surface area (Å²) in [6.45, 7) is 2.00. The average Bonchev–Trinajstić information content (AvgIpc) is 3.13. The number of aryl methyl sites for hydroxylation is 1. The Labute approximate surface area is 149 Å². The molecule has 3 nitrogen and oxygen atoms in total. The number of aromatic nitrogens is 2. The highest BCUT2D eigenvalue weighted by molar-refractivity contribution is 7.10. The third-order valence-electron chi connectivity index (χ3n) is 3.95. The molecule has 0 aliphatic rings. The van der Waals surface area contributed by atoms with E-state index in [1.54, 1.807) is 17.4 Å². The summed E-state index contributed by atoms with van der Waals surface area (Å²) >= 11 is 1.63. The molecule has 0 radical (unpaired) electrons. The Morgan fingerprint density at radius 1 is 1.04 bits per heavy atom. The lowest BCUT2D eigenvalue weighted by atomic mass is 10.0. The highest BCUT2D eigenvalue weighted by Crippen LogP contribution is 2.21. The lowest BCUT2D eigenvalue weighted by Gasteiger charge is -2.07. The summed E-state index contributed by atoms with van der Waals surface area (Å²) in [6.07, 6.45) is 0. The predicted molar refractivity (Wildman–Crippen MR) is 103 cm³/mol. The summed E-state index contributed by atoms with van der Waals surface area (Å²) in [4.78, 5) is 20.8. The third-order valence-corrected chi connectivity index (χ3v) is 4.73. The minimum Gasteiger partial charge on any atom is -0.306 e. The first-order valence-electron chi connectivity index (χ1n) is 7.86. The molecule has 0 spiro atoms. The minimum atomic E-state index is -0.124. The number of para-hydroxylation sites is 1. The van der Waals surface area contributed by atoms with Gasteiger partial charge >= 0.3 is 0 Å². The van der Waals surface area contributed by atoms with E-state index in [0.29, 0.717) is 16.7 Å². The van der Waals surface area contributed by atoms with Gasteiger partial charge in [-0.1, -0.05) is 30.0 Å². The van der Waals surface area contributed by atoms with Crippen LogP contribution in [0.15, 0.2) is 64.8 Å². The molecule has 2 aromatic heterocycles. The zero-order chi connectivity index (χ0) is 17.2. The van der Waals surface area contributed by atoms with Crippen molar-refractivity contribution >= 4 is 22.2 Å². The monoisotopic (exact) mass is 342 g/mol. The minimum absolute atomic E-state index is 0.124. The fourth-order valence-electron chi connectivity index (χ4n) is 2.70. The van der Waals surface area contributed by atoms with E-state index < -0.39 is 0 Å². The Hall–Kier alpha value is -3.16. The summed E-state index contributed by atoms with van der Waals surface area (Å²) < 4.78 is 0. The molecular formula is C21H14N2OS. The van der Waals surface area contributed by atoms with Gasteiger partial charge < -0.3 is 4.98 Å². The summed E-state index contributed by atoms with van der Waals surface area (Å²) in [7, 11) is 0. The second-order valence-corrected chi connectivity index (χ2v) is 6.64. The Morgan fingerprint density at radius 2 is 1.92 bits per heavy atom. The normalized spacial score (nSPS) is 10.4. The van der Waals surface area contributed by atoms with Crippen LogP contribution in [0.3, 0.4) is 0 Å². The smallest absolute Gasteiger partial charge is 0.259 e. The number of H-pyrrole nitrogens is 1. The first-order chi connectivity index (χ1) is 12.2. The van der Waals surface area contributed by atoms with Crippen LogP contribution < -0.4 is 5.56 Å². The van der Waals surface area contributed by atoms with Gasteiger partial charge in [-0.15, -0.1) is 11.3 Å². The molecule has 2 heterocycles. The average molecular weight is 342 g/mol. The molecule has 25 heavy (non-hydrogen) atoms. The molecule has 0 atom stereocenters.